The molecule has 0 aromatic rings. The van der Waals surface area contributed by atoms with Gasteiger partial charge in [-0.3, -0.25) is 4.79 Å². The van der Waals surface area contributed by atoms with Crippen LogP contribution in [-0.2, 0) is 4.79 Å². The molecule has 12 heavy (non-hydrogen) atoms. The van der Waals surface area contributed by atoms with Crippen molar-refractivity contribution in [3.8, 4) is 0 Å². The van der Waals surface area contributed by atoms with Crippen molar-refractivity contribution in [1.29, 1.82) is 5.41 Å². The zero-order valence-corrected chi connectivity index (χ0v) is 7.63. The van der Waals surface area contributed by atoms with Crippen LogP contribution in [0, 0.1) is 11.3 Å². The lowest BCUT2D eigenvalue weighted by Crippen LogP contribution is -2.16. The minimum Gasteiger partial charge on any atom is -0.366 e. The number of rotatable bonds is 5. The number of amides is 1. The summed E-state index contributed by atoms with van der Waals surface area (Å²) >= 11 is 0. The molecule has 0 saturated heterocycles. The number of carbonyl (C=O) groups excluding carboxylic acids is 1. The van der Waals surface area contributed by atoms with E-state index in [0.29, 0.717) is 12.0 Å². The molecule has 0 heterocycles. The van der Waals surface area contributed by atoms with Crippen LogP contribution in [0.5, 0.6) is 0 Å². The highest BCUT2D eigenvalue weighted by molar-refractivity contribution is 5.92. The normalized spacial score (nSPS) is 14.0. The number of allylic oxidation sites excluding steroid dienone is 1. The van der Waals surface area contributed by atoms with Crippen molar-refractivity contribution >= 4 is 12.1 Å². The Morgan fingerprint density at radius 3 is 2.50 bits per heavy atom. The summed E-state index contributed by atoms with van der Waals surface area (Å²) in [6.45, 7) is 3.78. The highest BCUT2D eigenvalue weighted by Gasteiger charge is 2.09. The second-order valence-corrected chi connectivity index (χ2v) is 2.72. The van der Waals surface area contributed by atoms with Crippen molar-refractivity contribution in [2.24, 2.45) is 11.7 Å². The highest BCUT2D eigenvalue weighted by atomic mass is 16.1. The number of hydrogen-bond donors (Lipinski definition) is 2. The lowest BCUT2D eigenvalue weighted by atomic mass is 9.97. The number of nitrogens with one attached hydrogen (secondary N) is 1. The third-order valence-corrected chi connectivity index (χ3v) is 1.91. The molecule has 0 aliphatic heterocycles. The van der Waals surface area contributed by atoms with E-state index in [1.165, 1.54) is 6.21 Å². The smallest absolute Gasteiger partial charge is 0.244 e. The van der Waals surface area contributed by atoms with E-state index in [1.54, 1.807) is 13.0 Å². The van der Waals surface area contributed by atoms with Gasteiger partial charge >= 0.3 is 0 Å². The van der Waals surface area contributed by atoms with Gasteiger partial charge < -0.3 is 11.1 Å². The Labute approximate surface area is 73.2 Å². The molecule has 1 atom stereocenters. The minimum atomic E-state index is -0.377. The molecule has 0 bridgehead atoms. The van der Waals surface area contributed by atoms with Crippen molar-refractivity contribution < 1.29 is 4.79 Å². The Bertz CT molecular complexity index is 197. The minimum absolute atomic E-state index is 0.142. The molecular formula is C9H16N2O. The van der Waals surface area contributed by atoms with E-state index in [-0.39, 0.29) is 11.8 Å². The number of hydrogen-bond acceptors (Lipinski definition) is 2. The molecule has 68 valence electrons. The molecule has 0 rings (SSSR count). The Morgan fingerprint density at radius 2 is 2.25 bits per heavy atom. The van der Waals surface area contributed by atoms with Crippen LogP contribution in [0.4, 0.5) is 0 Å². The summed E-state index contributed by atoms with van der Waals surface area (Å²) in [5, 5.41) is 7.06. The van der Waals surface area contributed by atoms with E-state index >= 15 is 0 Å². The maximum atomic E-state index is 10.8. The lowest BCUT2D eigenvalue weighted by molar-refractivity contribution is -0.114. The fourth-order valence-electron chi connectivity index (χ4n) is 0.964. The fourth-order valence-corrected chi connectivity index (χ4v) is 0.964. The second kappa shape index (κ2) is 5.52. The predicted octanol–water partition coefficient (Wildman–Crippen LogP) is 1.48. The largest absolute Gasteiger partial charge is 0.366 e. The van der Waals surface area contributed by atoms with E-state index in [2.05, 4.69) is 0 Å². The maximum absolute atomic E-state index is 10.8. The van der Waals surface area contributed by atoms with E-state index in [4.69, 9.17) is 11.1 Å². The van der Waals surface area contributed by atoms with Crippen molar-refractivity contribution in [3.63, 3.8) is 0 Å². The first-order valence-electron chi connectivity index (χ1n) is 4.11. The fraction of sp³-hybridized carbons (Fsp3) is 0.556. The van der Waals surface area contributed by atoms with Crippen LogP contribution in [0.2, 0.25) is 0 Å². The van der Waals surface area contributed by atoms with Gasteiger partial charge in [-0.2, -0.15) is 0 Å². The Kier molecular flexibility index (Phi) is 5.00. The van der Waals surface area contributed by atoms with Crippen LogP contribution >= 0.6 is 0 Å². The predicted molar refractivity (Wildman–Crippen MR) is 50.1 cm³/mol. The molecule has 0 fully saturated rings. The van der Waals surface area contributed by atoms with Crippen LogP contribution < -0.4 is 5.73 Å². The molecular weight excluding hydrogens is 152 g/mol. The van der Waals surface area contributed by atoms with Crippen LogP contribution in [-0.4, -0.2) is 12.1 Å². The molecule has 1 unspecified atom stereocenters. The quantitative estimate of drug-likeness (QED) is 0.474. The summed E-state index contributed by atoms with van der Waals surface area (Å²) in [5.74, 6) is -0.235. The van der Waals surface area contributed by atoms with Gasteiger partial charge in [0.05, 0.1) is 0 Å². The van der Waals surface area contributed by atoms with E-state index in [0.717, 1.165) is 6.42 Å². The molecule has 3 heteroatoms. The second-order valence-electron chi connectivity index (χ2n) is 2.72. The van der Waals surface area contributed by atoms with Gasteiger partial charge in [-0.15, -0.1) is 0 Å². The summed E-state index contributed by atoms with van der Waals surface area (Å²) in [6, 6.07) is 0. The molecule has 0 aliphatic carbocycles. The summed E-state index contributed by atoms with van der Waals surface area (Å²) in [7, 11) is 0. The summed E-state index contributed by atoms with van der Waals surface area (Å²) in [4.78, 5) is 10.8. The summed E-state index contributed by atoms with van der Waals surface area (Å²) in [5.41, 5.74) is 5.74. The van der Waals surface area contributed by atoms with Crippen molar-refractivity contribution in [2.75, 3.05) is 0 Å². The molecule has 1 amide bonds. The van der Waals surface area contributed by atoms with E-state index in [1.807, 2.05) is 6.92 Å². The van der Waals surface area contributed by atoms with Crippen molar-refractivity contribution in [2.45, 2.75) is 26.7 Å². The number of primary amides is 1. The van der Waals surface area contributed by atoms with E-state index in [9.17, 15) is 4.79 Å². The first-order valence-corrected chi connectivity index (χ1v) is 4.11. The molecule has 0 aliphatic rings. The van der Waals surface area contributed by atoms with Crippen molar-refractivity contribution in [3.05, 3.63) is 11.6 Å². The van der Waals surface area contributed by atoms with Gasteiger partial charge in [0.1, 0.15) is 0 Å². The molecule has 0 aromatic heterocycles. The molecule has 0 saturated carbocycles. The SMILES string of the molecule is C/C=C(\CC(C=N)CC)C(N)=O. The monoisotopic (exact) mass is 168 g/mol. The Morgan fingerprint density at radius 1 is 1.67 bits per heavy atom. The highest BCUT2D eigenvalue weighted by Crippen LogP contribution is 2.12. The lowest BCUT2D eigenvalue weighted by Gasteiger charge is -2.08. The topological polar surface area (TPSA) is 66.9 Å². The van der Waals surface area contributed by atoms with Crippen LogP contribution in [0.25, 0.3) is 0 Å². The van der Waals surface area contributed by atoms with E-state index < -0.39 is 0 Å². The van der Waals surface area contributed by atoms with Gasteiger partial charge in [-0.05, 0) is 31.9 Å². The zero-order valence-electron chi connectivity index (χ0n) is 7.63. The standard InChI is InChI=1S/C9H16N2O/c1-3-7(6-10)5-8(4-2)9(11)12/h4,6-7,10H,3,5H2,1-2H3,(H2,11,12)/b8-4+,10-6?. The average molecular weight is 168 g/mol. The van der Waals surface area contributed by atoms with Crippen LogP contribution in [0.15, 0.2) is 11.6 Å². The Hall–Kier alpha value is -1.12. The van der Waals surface area contributed by atoms with Crippen LogP contribution in [0.1, 0.15) is 26.7 Å². The van der Waals surface area contributed by atoms with Gasteiger partial charge in [0.15, 0.2) is 0 Å². The third kappa shape index (κ3) is 3.32. The van der Waals surface area contributed by atoms with Gasteiger partial charge in [-0.25, -0.2) is 0 Å². The maximum Gasteiger partial charge on any atom is 0.244 e. The zero-order chi connectivity index (χ0) is 9.56. The average Bonchev–Trinajstić information content (AvgIpc) is 2.06. The molecule has 3 N–H and O–H groups in total. The third-order valence-electron chi connectivity index (χ3n) is 1.91. The molecule has 0 aromatic carbocycles. The van der Waals surface area contributed by atoms with Gasteiger partial charge in [-0.1, -0.05) is 13.0 Å². The van der Waals surface area contributed by atoms with Gasteiger partial charge in [0.2, 0.25) is 5.91 Å². The van der Waals surface area contributed by atoms with Gasteiger partial charge in [0.25, 0.3) is 0 Å². The van der Waals surface area contributed by atoms with Gasteiger partial charge in [0, 0.05) is 5.57 Å². The summed E-state index contributed by atoms with van der Waals surface area (Å²) < 4.78 is 0. The first-order chi connectivity index (χ1) is 5.65. The summed E-state index contributed by atoms with van der Waals surface area (Å²) in [6.07, 6.45) is 4.54. The molecule has 0 radical (unpaired) electrons. The Balaban J connectivity index is 4.20. The number of carbonyl (C=O) groups is 1. The molecule has 3 nitrogen and oxygen atoms in total. The van der Waals surface area contributed by atoms with Crippen molar-refractivity contribution in [1.82, 2.24) is 0 Å². The first kappa shape index (κ1) is 10.9. The number of nitrogens with two attached hydrogens (primary N) is 1. The van der Waals surface area contributed by atoms with Crippen LogP contribution in [0.3, 0.4) is 0 Å². The molecule has 0 spiro atoms.